The topological polar surface area (TPSA) is 102 Å². The molecule has 0 radical (unpaired) electrons. The monoisotopic (exact) mass is 517 g/mol. The molecule has 1 saturated carbocycles. The quantitative estimate of drug-likeness (QED) is 0.566. The van der Waals surface area contributed by atoms with Gasteiger partial charge in [-0.3, -0.25) is 19.3 Å². The zero-order chi connectivity index (χ0) is 27.0. The Balaban J connectivity index is 1.65. The van der Waals surface area contributed by atoms with Crippen LogP contribution in [-0.2, 0) is 27.1 Å². The predicted octanol–water partition coefficient (Wildman–Crippen LogP) is 3.58. The number of nitrogens with zero attached hydrogens (tertiary/aromatic N) is 3. The summed E-state index contributed by atoms with van der Waals surface area (Å²) in [6, 6.07) is 9.53. The molecule has 1 aliphatic carbocycles. The summed E-state index contributed by atoms with van der Waals surface area (Å²) in [6.07, 6.45) is -4.20. The molecule has 2 aromatic carbocycles. The van der Waals surface area contributed by atoms with E-state index in [1.165, 1.54) is 29.2 Å². The lowest BCUT2D eigenvalue weighted by Crippen LogP contribution is -2.73. The third kappa shape index (κ3) is 4.93. The van der Waals surface area contributed by atoms with Gasteiger partial charge in [0.05, 0.1) is 22.9 Å². The molecule has 2 aliphatic rings. The number of carbonyl (C=O) groups is 3. The van der Waals surface area contributed by atoms with Gasteiger partial charge in [-0.1, -0.05) is 12.1 Å². The second-order valence-corrected chi connectivity index (χ2v) is 9.27. The standard InChI is InChI=1S/C26H23F4N3O4/c27-20-10-17(13-31)5-8-21(20)32-15-23(36)33(14-16-3-6-19(7-4-16)26(28,29)30)25(24(32)37)11-18(12-25)22(35)2-1-9-34/h3-8,10,18,34H,1-2,9,11-12,14-15H2. The smallest absolute Gasteiger partial charge is 0.396 e. The molecule has 0 bridgehead atoms. The number of Topliss-reactive ketones (excluding diaryl/α,β-unsaturated/α-hetero) is 1. The van der Waals surface area contributed by atoms with E-state index in [1.807, 2.05) is 0 Å². The molecule has 2 aromatic rings. The van der Waals surface area contributed by atoms with Gasteiger partial charge in [-0.25, -0.2) is 4.39 Å². The highest BCUT2D eigenvalue weighted by Gasteiger charge is 2.61. The number of amides is 2. The number of aliphatic hydroxyl groups is 1. The lowest BCUT2D eigenvalue weighted by Gasteiger charge is -2.56. The van der Waals surface area contributed by atoms with Crippen LogP contribution < -0.4 is 4.90 Å². The average Bonchev–Trinajstić information content (AvgIpc) is 2.83. The number of hydrogen-bond acceptors (Lipinski definition) is 5. The first kappa shape index (κ1) is 26.3. The zero-order valence-corrected chi connectivity index (χ0v) is 19.6. The van der Waals surface area contributed by atoms with E-state index >= 15 is 0 Å². The van der Waals surface area contributed by atoms with Crippen LogP contribution in [0.4, 0.5) is 23.2 Å². The van der Waals surface area contributed by atoms with E-state index in [9.17, 15) is 31.9 Å². The van der Waals surface area contributed by atoms with Gasteiger partial charge in [-0.15, -0.1) is 0 Å². The molecule has 7 nitrogen and oxygen atoms in total. The number of alkyl halides is 3. The SMILES string of the molecule is N#Cc1ccc(N2CC(=O)N(Cc3ccc(C(F)(F)F)cc3)C3(CC(C(=O)CCCO)C3)C2=O)c(F)c1. The molecule has 1 N–H and O–H groups in total. The van der Waals surface area contributed by atoms with Crippen LogP contribution in [0.2, 0.25) is 0 Å². The van der Waals surface area contributed by atoms with Gasteiger partial charge in [-0.2, -0.15) is 18.4 Å². The Morgan fingerprint density at radius 3 is 2.38 bits per heavy atom. The molecule has 1 saturated heterocycles. The molecule has 1 spiro atoms. The minimum Gasteiger partial charge on any atom is -0.396 e. The lowest BCUT2D eigenvalue weighted by atomic mass is 9.63. The minimum atomic E-state index is -4.53. The number of hydrogen-bond donors (Lipinski definition) is 1. The van der Waals surface area contributed by atoms with E-state index in [-0.39, 0.29) is 55.9 Å². The summed E-state index contributed by atoms with van der Waals surface area (Å²) in [4.78, 5) is 41.9. The van der Waals surface area contributed by atoms with Crippen molar-refractivity contribution in [3.8, 4) is 6.07 Å². The van der Waals surface area contributed by atoms with Gasteiger partial charge in [0.1, 0.15) is 23.7 Å². The summed E-state index contributed by atoms with van der Waals surface area (Å²) in [6.45, 7) is -0.843. The maximum atomic E-state index is 14.8. The van der Waals surface area contributed by atoms with Gasteiger partial charge >= 0.3 is 6.18 Å². The largest absolute Gasteiger partial charge is 0.416 e. The van der Waals surface area contributed by atoms with Crippen LogP contribution in [0, 0.1) is 23.1 Å². The Labute approximate surface area is 209 Å². The summed E-state index contributed by atoms with van der Waals surface area (Å²) in [5.41, 5.74) is -2.11. The van der Waals surface area contributed by atoms with E-state index in [2.05, 4.69) is 0 Å². The van der Waals surface area contributed by atoms with Crippen LogP contribution in [0.3, 0.4) is 0 Å². The van der Waals surface area contributed by atoms with Gasteiger partial charge in [-0.05, 0) is 55.2 Å². The molecule has 11 heteroatoms. The van der Waals surface area contributed by atoms with Crippen molar-refractivity contribution < 1.29 is 37.1 Å². The molecule has 2 fully saturated rings. The van der Waals surface area contributed by atoms with Crippen molar-refractivity contribution in [1.29, 1.82) is 5.26 Å². The number of nitriles is 1. The first-order valence-electron chi connectivity index (χ1n) is 11.6. The number of ketones is 1. The maximum Gasteiger partial charge on any atom is 0.416 e. The minimum absolute atomic E-state index is 0.0170. The first-order valence-corrected chi connectivity index (χ1v) is 11.6. The van der Waals surface area contributed by atoms with Gasteiger partial charge in [0.15, 0.2) is 0 Å². The van der Waals surface area contributed by atoms with Gasteiger partial charge in [0, 0.05) is 25.5 Å². The number of aliphatic hydroxyl groups excluding tert-OH is 1. The van der Waals surface area contributed by atoms with E-state index < -0.39 is 47.4 Å². The van der Waals surface area contributed by atoms with Crippen LogP contribution in [0.5, 0.6) is 0 Å². The van der Waals surface area contributed by atoms with Crippen LogP contribution in [0.15, 0.2) is 42.5 Å². The number of benzene rings is 2. The third-order valence-corrected chi connectivity index (χ3v) is 6.95. The summed E-state index contributed by atoms with van der Waals surface area (Å²) in [5, 5.41) is 18.0. The fourth-order valence-electron chi connectivity index (χ4n) is 4.94. The Hall–Kier alpha value is -3.78. The van der Waals surface area contributed by atoms with Crippen molar-refractivity contribution in [2.24, 2.45) is 5.92 Å². The Bertz CT molecular complexity index is 1260. The molecule has 37 heavy (non-hydrogen) atoms. The number of rotatable bonds is 7. The van der Waals surface area contributed by atoms with E-state index in [4.69, 9.17) is 10.4 Å². The maximum absolute atomic E-state index is 14.8. The molecular weight excluding hydrogens is 494 g/mol. The highest BCUT2D eigenvalue weighted by Crippen LogP contribution is 2.48. The van der Waals surface area contributed by atoms with E-state index in [0.717, 1.165) is 23.1 Å². The van der Waals surface area contributed by atoms with Crippen molar-refractivity contribution in [2.45, 2.75) is 43.9 Å². The van der Waals surface area contributed by atoms with Crippen LogP contribution >= 0.6 is 0 Å². The van der Waals surface area contributed by atoms with Crippen molar-refractivity contribution in [3.63, 3.8) is 0 Å². The number of anilines is 1. The third-order valence-electron chi connectivity index (χ3n) is 6.95. The van der Waals surface area contributed by atoms with Gasteiger partial charge in [0.25, 0.3) is 5.91 Å². The Morgan fingerprint density at radius 1 is 1.14 bits per heavy atom. The Kier molecular flexibility index (Phi) is 7.06. The molecule has 0 aromatic heterocycles. The lowest BCUT2D eigenvalue weighted by molar-refractivity contribution is -0.164. The molecule has 1 aliphatic heterocycles. The second kappa shape index (κ2) is 9.94. The number of piperazine rings is 1. The van der Waals surface area contributed by atoms with Crippen LogP contribution in [0.1, 0.15) is 42.4 Å². The van der Waals surface area contributed by atoms with Gasteiger partial charge in [0.2, 0.25) is 5.91 Å². The van der Waals surface area contributed by atoms with E-state index in [0.29, 0.717) is 5.56 Å². The predicted molar refractivity (Wildman–Crippen MR) is 122 cm³/mol. The molecule has 2 amide bonds. The fraction of sp³-hybridized carbons (Fsp3) is 0.385. The molecule has 4 rings (SSSR count). The normalized spacial score (nSPS) is 21.7. The Morgan fingerprint density at radius 2 is 1.81 bits per heavy atom. The molecule has 194 valence electrons. The van der Waals surface area contributed by atoms with Gasteiger partial charge < -0.3 is 10.0 Å². The van der Waals surface area contributed by atoms with Crippen LogP contribution in [-0.4, -0.2) is 46.3 Å². The molecule has 0 atom stereocenters. The summed E-state index contributed by atoms with van der Waals surface area (Å²) in [7, 11) is 0. The summed E-state index contributed by atoms with van der Waals surface area (Å²) in [5.74, 6) is -2.74. The molecule has 1 heterocycles. The van der Waals surface area contributed by atoms with Crippen molar-refractivity contribution >= 4 is 23.3 Å². The van der Waals surface area contributed by atoms with Crippen molar-refractivity contribution in [2.75, 3.05) is 18.1 Å². The fourth-order valence-corrected chi connectivity index (χ4v) is 4.94. The van der Waals surface area contributed by atoms with E-state index in [1.54, 1.807) is 6.07 Å². The first-order chi connectivity index (χ1) is 17.5. The molecular formula is C26H23F4N3O4. The highest BCUT2D eigenvalue weighted by atomic mass is 19.4. The second-order valence-electron chi connectivity index (χ2n) is 9.27. The molecule has 0 unspecified atom stereocenters. The van der Waals surface area contributed by atoms with Crippen molar-refractivity contribution in [3.05, 3.63) is 65.0 Å². The summed E-state index contributed by atoms with van der Waals surface area (Å²) >= 11 is 0. The number of halogens is 4. The zero-order valence-electron chi connectivity index (χ0n) is 19.6. The average molecular weight is 517 g/mol. The van der Waals surface area contributed by atoms with Crippen LogP contribution in [0.25, 0.3) is 0 Å². The summed E-state index contributed by atoms with van der Waals surface area (Å²) < 4.78 is 53.7. The highest BCUT2D eigenvalue weighted by molar-refractivity contribution is 6.10. The van der Waals surface area contributed by atoms with Crippen molar-refractivity contribution in [1.82, 2.24) is 4.90 Å². The number of carbonyl (C=O) groups excluding carboxylic acids is 3.